The van der Waals surface area contributed by atoms with Crippen molar-refractivity contribution >= 4 is 23.5 Å². The maximum absolute atomic E-state index is 11.7. The lowest BCUT2D eigenvalue weighted by Crippen LogP contribution is -2.33. The van der Waals surface area contributed by atoms with Crippen LogP contribution in [0.5, 0.6) is 0 Å². The van der Waals surface area contributed by atoms with Crippen LogP contribution in [0.3, 0.4) is 0 Å². The fourth-order valence-corrected chi connectivity index (χ4v) is 2.62. The summed E-state index contributed by atoms with van der Waals surface area (Å²) < 4.78 is 6.08. The Balaban J connectivity index is 2.10. The molecule has 1 aliphatic rings. The van der Waals surface area contributed by atoms with Crippen LogP contribution in [0.1, 0.15) is 26.2 Å². The number of rotatable bonds is 5. The molecule has 0 radical (unpaired) electrons. The molecule has 1 aliphatic heterocycles. The van der Waals surface area contributed by atoms with Gasteiger partial charge in [-0.05, 0) is 12.8 Å². The first-order chi connectivity index (χ1) is 11.6. The van der Waals surface area contributed by atoms with Crippen molar-refractivity contribution < 1.29 is 14.4 Å². The number of carbonyl (C=O) groups is 1. The molecule has 9 heteroatoms. The van der Waals surface area contributed by atoms with E-state index in [-0.39, 0.29) is 11.6 Å². The van der Waals surface area contributed by atoms with Crippen LogP contribution in [0.2, 0.25) is 0 Å². The van der Waals surface area contributed by atoms with Crippen molar-refractivity contribution in [3.05, 3.63) is 28.8 Å². The van der Waals surface area contributed by atoms with E-state index in [1.54, 1.807) is 6.07 Å². The second-order valence-corrected chi connectivity index (χ2v) is 5.53. The van der Waals surface area contributed by atoms with E-state index in [4.69, 9.17) is 4.52 Å². The highest BCUT2D eigenvalue weighted by Crippen LogP contribution is 2.23. The van der Waals surface area contributed by atoms with Crippen LogP contribution in [0.25, 0.3) is 5.78 Å². The number of anilines is 2. The van der Waals surface area contributed by atoms with Crippen molar-refractivity contribution in [1.82, 2.24) is 14.5 Å². The second kappa shape index (κ2) is 6.73. The summed E-state index contributed by atoms with van der Waals surface area (Å²) in [5.41, 5.74) is 0. The van der Waals surface area contributed by atoms with Crippen molar-refractivity contribution in [2.75, 3.05) is 29.4 Å². The Morgan fingerprint density at radius 1 is 1.42 bits per heavy atom. The number of unbranched alkanes of at least 4 members (excludes halogenated alkanes) is 1. The monoisotopic (exact) mass is 333 g/mol. The van der Waals surface area contributed by atoms with Crippen LogP contribution in [-0.4, -0.2) is 45.4 Å². The van der Waals surface area contributed by atoms with E-state index in [2.05, 4.69) is 16.0 Å². The van der Waals surface area contributed by atoms with Gasteiger partial charge < -0.3 is 14.5 Å². The van der Waals surface area contributed by atoms with Crippen LogP contribution in [0, 0.1) is 0 Å². The molecule has 9 nitrogen and oxygen atoms in total. The first-order valence-electron chi connectivity index (χ1n) is 7.91. The molecule has 0 aromatic carbocycles. The standard InChI is InChI=1S/C15H19N5O4/c1-2-3-9-19(15(22)23)12-10-11(18-7-5-4-6-8-18)16-13-17-14(21)24-20(12)13/h4-5,10H,2-3,6-9H2,1H3,(H,22,23). The van der Waals surface area contributed by atoms with Gasteiger partial charge in [0.1, 0.15) is 5.82 Å². The van der Waals surface area contributed by atoms with Gasteiger partial charge in [-0.15, -0.1) is 9.56 Å². The van der Waals surface area contributed by atoms with Gasteiger partial charge in [0.2, 0.25) is 0 Å². The molecule has 0 aliphatic carbocycles. The first-order valence-corrected chi connectivity index (χ1v) is 7.91. The zero-order valence-corrected chi connectivity index (χ0v) is 13.4. The van der Waals surface area contributed by atoms with Gasteiger partial charge in [-0.25, -0.2) is 9.59 Å². The van der Waals surface area contributed by atoms with Crippen molar-refractivity contribution in [2.24, 2.45) is 0 Å². The third-order valence-corrected chi connectivity index (χ3v) is 3.85. The van der Waals surface area contributed by atoms with E-state index in [0.29, 0.717) is 25.3 Å². The Bertz CT molecular complexity index is 825. The molecule has 3 heterocycles. The SMILES string of the molecule is CCCCN(C(=O)O)c1cc(N2CC=CCC2)nc2nc(=O)on12. The lowest BCUT2D eigenvalue weighted by atomic mass is 10.2. The summed E-state index contributed by atoms with van der Waals surface area (Å²) in [6.07, 6.45) is 5.41. The highest BCUT2D eigenvalue weighted by atomic mass is 16.5. The van der Waals surface area contributed by atoms with Crippen LogP contribution in [0.4, 0.5) is 16.4 Å². The molecular weight excluding hydrogens is 314 g/mol. The lowest BCUT2D eigenvalue weighted by molar-refractivity contribution is 0.200. The Morgan fingerprint density at radius 3 is 2.92 bits per heavy atom. The number of nitrogens with zero attached hydrogens (tertiary/aromatic N) is 5. The third kappa shape index (κ3) is 3.10. The molecule has 0 spiro atoms. The fourth-order valence-electron chi connectivity index (χ4n) is 2.62. The van der Waals surface area contributed by atoms with Gasteiger partial charge in [0.05, 0.1) is 0 Å². The average molecular weight is 333 g/mol. The van der Waals surface area contributed by atoms with Crippen molar-refractivity contribution in [2.45, 2.75) is 26.2 Å². The Morgan fingerprint density at radius 2 is 2.25 bits per heavy atom. The molecule has 0 bridgehead atoms. The predicted molar refractivity (Wildman–Crippen MR) is 87.8 cm³/mol. The number of carboxylic acid groups (broad SMARTS) is 1. The molecule has 24 heavy (non-hydrogen) atoms. The number of hydrogen-bond acceptors (Lipinski definition) is 6. The van der Waals surface area contributed by atoms with Gasteiger partial charge in [-0.2, -0.15) is 4.98 Å². The van der Waals surface area contributed by atoms with E-state index in [1.807, 2.05) is 17.9 Å². The highest BCUT2D eigenvalue weighted by molar-refractivity contribution is 5.85. The molecule has 0 unspecified atom stereocenters. The second-order valence-electron chi connectivity index (χ2n) is 5.53. The topological polar surface area (TPSA) is 104 Å². The highest BCUT2D eigenvalue weighted by Gasteiger charge is 2.23. The molecule has 2 aromatic rings. The molecule has 128 valence electrons. The van der Waals surface area contributed by atoms with Gasteiger partial charge in [0, 0.05) is 25.7 Å². The molecule has 0 atom stereocenters. The normalized spacial score (nSPS) is 14.3. The summed E-state index contributed by atoms with van der Waals surface area (Å²) in [6, 6.07) is 1.63. The summed E-state index contributed by atoms with van der Waals surface area (Å²) >= 11 is 0. The molecule has 2 aromatic heterocycles. The van der Waals surface area contributed by atoms with Gasteiger partial charge >= 0.3 is 11.8 Å². The minimum atomic E-state index is -1.11. The Labute approximate surface area is 137 Å². The van der Waals surface area contributed by atoms with E-state index < -0.39 is 11.8 Å². The van der Waals surface area contributed by atoms with E-state index in [9.17, 15) is 14.7 Å². The van der Waals surface area contributed by atoms with Gasteiger partial charge in [-0.1, -0.05) is 25.5 Å². The quantitative estimate of drug-likeness (QED) is 0.831. The molecule has 0 saturated heterocycles. The van der Waals surface area contributed by atoms with E-state index >= 15 is 0 Å². The van der Waals surface area contributed by atoms with Gasteiger partial charge in [-0.3, -0.25) is 4.90 Å². The Kier molecular flexibility index (Phi) is 4.50. The summed E-state index contributed by atoms with van der Waals surface area (Å²) in [7, 11) is 0. The van der Waals surface area contributed by atoms with Crippen LogP contribution in [0.15, 0.2) is 27.5 Å². The molecular formula is C15H19N5O4. The number of amides is 1. The van der Waals surface area contributed by atoms with Crippen LogP contribution in [-0.2, 0) is 0 Å². The van der Waals surface area contributed by atoms with Gasteiger partial charge in [0.15, 0.2) is 5.82 Å². The summed E-state index contributed by atoms with van der Waals surface area (Å²) in [4.78, 5) is 34.4. The van der Waals surface area contributed by atoms with Crippen LogP contribution >= 0.6 is 0 Å². The zero-order valence-electron chi connectivity index (χ0n) is 13.4. The number of fused-ring (bicyclic) bond motifs is 1. The first kappa shape index (κ1) is 16.0. The molecule has 1 amide bonds. The van der Waals surface area contributed by atoms with Crippen molar-refractivity contribution in [3.63, 3.8) is 0 Å². The average Bonchev–Trinajstić information content (AvgIpc) is 2.95. The van der Waals surface area contributed by atoms with E-state index in [1.165, 1.54) is 0 Å². The molecule has 1 N–H and O–H groups in total. The smallest absolute Gasteiger partial charge is 0.461 e. The van der Waals surface area contributed by atoms with Crippen LogP contribution < -0.4 is 15.6 Å². The fraction of sp³-hybridized carbons (Fsp3) is 0.467. The summed E-state index contributed by atoms with van der Waals surface area (Å²) in [5.74, 6) is 0.0653. The molecule has 0 fully saturated rings. The summed E-state index contributed by atoms with van der Waals surface area (Å²) in [5, 5.41) is 9.55. The maximum atomic E-state index is 11.7. The largest absolute Gasteiger partial charge is 0.465 e. The van der Waals surface area contributed by atoms with Crippen molar-refractivity contribution in [1.29, 1.82) is 0 Å². The Hall–Kier alpha value is -2.84. The molecule has 3 rings (SSSR count). The minimum Gasteiger partial charge on any atom is -0.465 e. The van der Waals surface area contributed by atoms with Gasteiger partial charge in [0.25, 0.3) is 5.78 Å². The minimum absolute atomic E-state index is 0.0600. The third-order valence-electron chi connectivity index (χ3n) is 3.85. The lowest BCUT2D eigenvalue weighted by Gasteiger charge is -2.26. The van der Waals surface area contributed by atoms with Crippen molar-refractivity contribution in [3.8, 4) is 0 Å². The van der Waals surface area contributed by atoms with E-state index in [0.717, 1.165) is 28.9 Å². The maximum Gasteiger partial charge on any atom is 0.461 e. The number of aromatic nitrogens is 3. The number of hydrogen-bond donors (Lipinski definition) is 1. The molecule has 0 saturated carbocycles. The zero-order chi connectivity index (χ0) is 17.1. The summed E-state index contributed by atoms with van der Waals surface area (Å²) in [6.45, 7) is 3.72. The predicted octanol–water partition coefficient (Wildman–Crippen LogP) is 1.73.